The normalized spacial score (nSPS) is 11.9. The van der Waals surface area contributed by atoms with Gasteiger partial charge in [0.15, 0.2) is 0 Å². The molecule has 254 valence electrons. The van der Waals surface area contributed by atoms with Crippen LogP contribution in [0.4, 0.5) is 0 Å². The summed E-state index contributed by atoms with van der Waals surface area (Å²) in [6, 6.07) is 0. The zero-order chi connectivity index (χ0) is 32.8. The van der Waals surface area contributed by atoms with Gasteiger partial charge in [-0.1, -0.05) is 93.4 Å². The number of nitrogens with zero attached hydrogens (tertiary/aromatic N) is 2. The van der Waals surface area contributed by atoms with Crippen molar-refractivity contribution < 1.29 is 44.0 Å². The van der Waals surface area contributed by atoms with Crippen LogP contribution >= 0.6 is 0 Å². The second-order valence-electron chi connectivity index (χ2n) is 11.4. The molecule has 0 fully saturated rings. The lowest BCUT2D eigenvalue weighted by molar-refractivity contribution is -0.929. The summed E-state index contributed by atoms with van der Waals surface area (Å²) < 4.78 is 68.4. The maximum atomic E-state index is 8.63. The van der Waals surface area contributed by atoms with Gasteiger partial charge in [0.2, 0.25) is 20.8 Å². The van der Waals surface area contributed by atoms with Crippen LogP contribution < -0.4 is 0 Å². The average Bonchev–Trinajstić information content (AvgIpc) is 2.87. The first-order valence-corrected chi connectivity index (χ1v) is 18.7. The van der Waals surface area contributed by atoms with Crippen LogP contribution in [0.15, 0.2) is 0 Å². The Balaban J connectivity index is -0.000000254. The van der Waals surface area contributed by atoms with E-state index < -0.39 is 20.8 Å². The van der Waals surface area contributed by atoms with Crippen molar-refractivity contribution in [2.45, 2.75) is 138 Å². The molecule has 0 bridgehead atoms. The predicted octanol–water partition coefficient (Wildman–Crippen LogP) is 6.85. The van der Waals surface area contributed by atoms with E-state index in [9.17, 15) is 0 Å². The summed E-state index contributed by atoms with van der Waals surface area (Å²) in [6.07, 6.45) is 19.3. The molecule has 0 aromatic rings. The van der Waals surface area contributed by atoms with Crippen LogP contribution in [0.2, 0.25) is 0 Å². The van der Waals surface area contributed by atoms with Gasteiger partial charge in [-0.15, -0.1) is 0 Å². The van der Waals surface area contributed by atoms with Crippen molar-refractivity contribution >= 4 is 20.8 Å². The highest BCUT2D eigenvalue weighted by Crippen LogP contribution is 2.16. The molecule has 0 aliphatic heterocycles. The Morgan fingerprint density at radius 2 is 0.585 bits per heavy atom. The standard InChI is InChI=1S/C16H36N.C13H30N.2H2O4S/c1-5-9-13-17(14-10-6-2,15-11-7-3)16-12-8-4;1-5-8-11-14(4,12-9-6-2)13-10-7-3;2*1-5(2,3)4/h5-16H2,1-4H3;5-13H2,1-4H3;2*(H2,1,2,3,4)/q2*+1;;/p-2. The fourth-order valence-corrected chi connectivity index (χ4v) is 4.60. The lowest BCUT2D eigenvalue weighted by atomic mass is 10.1. The van der Waals surface area contributed by atoms with Crippen LogP contribution in [0.1, 0.15) is 138 Å². The summed E-state index contributed by atoms with van der Waals surface area (Å²) in [7, 11) is -7.39. The van der Waals surface area contributed by atoms with E-state index >= 15 is 0 Å². The SMILES string of the molecule is CCCC[N+](C)(CCCC)CCCC.CCCC[N+](CCCC)(CCCC)CCCC.O=S(=O)([O-])O.O=S(=O)([O-])O. The van der Waals surface area contributed by atoms with Gasteiger partial charge in [-0.2, -0.15) is 0 Å². The van der Waals surface area contributed by atoms with E-state index in [0.717, 1.165) is 0 Å². The van der Waals surface area contributed by atoms with Crippen LogP contribution in [-0.4, -0.2) is 96.9 Å². The molecule has 0 radical (unpaired) electrons. The summed E-state index contributed by atoms with van der Waals surface area (Å²) in [5, 5.41) is 0. The van der Waals surface area contributed by atoms with Crippen molar-refractivity contribution in [2.75, 3.05) is 52.9 Å². The van der Waals surface area contributed by atoms with Crippen molar-refractivity contribution in [2.24, 2.45) is 0 Å². The molecule has 41 heavy (non-hydrogen) atoms. The van der Waals surface area contributed by atoms with E-state index in [1.54, 1.807) is 0 Å². The fraction of sp³-hybridized carbons (Fsp3) is 1.00. The maximum absolute atomic E-state index is 8.63. The van der Waals surface area contributed by atoms with E-state index in [1.165, 1.54) is 145 Å². The first-order valence-electron chi connectivity index (χ1n) is 16.0. The third-order valence-corrected chi connectivity index (χ3v) is 7.10. The first-order chi connectivity index (χ1) is 18.9. The fourth-order valence-electron chi connectivity index (χ4n) is 4.60. The van der Waals surface area contributed by atoms with E-state index in [0.29, 0.717) is 0 Å². The van der Waals surface area contributed by atoms with Gasteiger partial charge < -0.3 is 18.1 Å². The smallest absolute Gasteiger partial charge is 0.215 e. The Labute approximate surface area is 255 Å². The summed E-state index contributed by atoms with van der Waals surface area (Å²) in [4.78, 5) is 0. The van der Waals surface area contributed by atoms with Crippen molar-refractivity contribution in [1.82, 2.24) is 0 Å². The lowest BCUT2D eigenvalue weighted by Crippen LogP contribution is -2.50. The third-order valence-electron chi connectivity index (χ3n) is 7.10. The molecule has 0 heterocycles. The van der Waals surface area contributed by atoms with Gasteiger partial charge in [0.05, 0.1) is 52.9 Å². The molecule has 10 nitrogen and oxygen atoms in total. The number of rotatable bonds is 21. The Kier molecular flexibility index (Phi) is 34.5. The molecule has 0 aromatic carbocycles. The number of unbranched alkanes of at least 4 members (excludes halogenated alkanes) is 7. The summed E-state index contributed by atoms with van der Waals surface area (Å²) >= 11 is 0. The van der Waals surface area contributed by atoms with E-state index in [4.69, 9.17) is 35.0 Å². The molecule has 0 aromatic heterocycles. The van der Waals surface area contributed by atoms with Crippen LogP contribution in [0.25, 0.3) is 0 Å². The molecule has 0 spiro atoms. The second-order valence-corrected chi connectivity index (χ2v) is 13.1. The molecular formula is C29H68N2O8S2. The minimum absolute atomic E-state index is 1.32. The molecule has 0 unspecified atom stereocenters. The van der Waals surface area contributed by atoms with Gasteiger partial charge in [-0.05, 0) is 44.9 Å². The molecule has 2 N–H and O–H groups in total. The summed E-state index contributed by atoms with van der Waals surface area (Å²) in [6.45, 7) is 26.1. The van der Waals surface area contributed by atoms with Crippen LogP contribution in [0.5, 0.6) is 0 Å². The highest BCUT2D eigenvalue weighted by molar-refractivity contribution is 7.80. The number of hydrogen-bond donors (Lipinski definition) is 2. The van der Waals surface area contributed by atoms with E-state index in [1.807, 2.05) is 0 Å². The minimum Gasteiger partial charge on any atom is -0.726 e. The van der Waals surface area contributed by atoms with E-state index in [2.05, 4.69) is 55.5 Å². The van der Waals surface area contributed by atoms with Gasteiger partial charge in [0, 0.05) is 0 Å². The number of quaternary nitrogens is 2. The van der Waals surface area contributed by atoms with Crippen LogP contribution in [0.3, 0.4) is 0 Å². The van der Waals surface area contributed by atoms with Crippen molar-refractivity contribution in [3.8, 4) is 0 Å². The summed E-state index contributed by atoms with van der Waals surface area (Å²) in [5.74, 6) is 0. The average molecular weight is 637 g/mol. The maximum Gasteiger partial charge on any atom is 0.215 e. The molecule has 0 aliphatic carbocycles. The largest absolute Gasteiger partial charge is 0.726 e. The van der Waals surface area contributed by atoms with Gasteiger partial charge in [0.1, 0.15) is 0 Å². The zero-order valence-electron chi connectivity index (χ0n) is 27.9. The molecule has 0 rings (SSSR count). The topological polar surface area (TPSA) is 155 Å². The van der Waals surface area contributed by atoms with Crippen molar-refractivity contribution in [3.05, 3.63) is 0 Å². The third kappa shape index (κ3) is 46.8. The quantitative estimate of drug-likeness (QED) is 0.0788. The molecular weight excluding hydrogens is 568 g/mol. The molecule has 12 heteroatoms. The Morgan fingerprint density at radius 1 is 0.439 bits per heavy atom. The predicted molar refractivity (Wildman–Crippen MR) is 170 cm³/mol. The monoisotopic (exact) mass is 636 g/mol. The highest BCUT2D eigenvalue weighted by Gasteiger charge is 2.24. The summed E-state index contributed by atoms with van der Waals surface area (Å²) in [5.41, 5.74) is 0. The Bertz CT molecular complexity index is 643. The Hall–Kier alpha value is -0.340. The molecule has 0 amide bonds. The lowest BCUT2D eigenvalue weighted by Gasteiger charge is -2.39. The van der Waals surface area contributed by atoms with Crippen LogP contribution in [0, 0.1) is 0 Å². The molecule has 0 saturated carbocycles. The molecule has 0 saturated heterocycles. The second kappa shape index (κ2) is 29.7. The van der Waals surface area contributed by atoms with E-state index in [-0.39, 0.29) is 0 Å². The zero-order valence-corrected chi connectivity index (χ0v) is 29.5. The molecule has 0 atom stereocenters. The van der Waals surface area contributed by atoms with Gasteiger partial charge >= 0.3 is 0 Å². The van der Waals surface area contributed by atoms with Gasteiger partial charge in [-0.3, -0.25) is 9.11 Å². The van der Waals surface area contributed by atoms with Crippen molar-refractivity contribution in [3.63, 3.8) is 0 Å². The van der Waals surface area contributed by atoms with Gasteiger partial charge in [0.25, 0.3) is 0 Å². The Morgan fingerprint density at radius 3 is 0.732 bits per heavy atom. The first kappa shape index (κ1) is 47.6. The van der Waals surface area contributed by atoms with Gasteiger partial charge in [-0.25, -0.2) is 16.8 Å². The van der Waals surface area contributed by atoms with Crippen molar-refractivity contribution in [1.29, 1.82) is 0 Å². The number of hydrogen-bond acceptors (Lipinski definition) is 6. The minimum atomic E-state index is -4.92. The molecule has 0 aliphatic rings. The van der Waals surface area contributed by atoms with Crippen LogP contribution in [-0.2, 0) is 20.8 Å². The highest BCUT2D eigenvalue weighted by atomic mass is 32.3.